The standard InChI is InChI=1S/C20H20N4O5S/c1-22(2)8-5-9-23(19(25)13-6-3-4-7-15(13)24(26)27)20-21-14-10-16-17(29-12-28-16)11-18(14)30-20/h3-4,6-7,10-11H,5,8-9,12H2,1-2H3. The van der Waals surface area contributed by atoms with E-state index in [4.69, 9.17) is 9.47 Å². The first-order valence-electron chi connectivity index (χ1n) is 9.34. The predicted molar refractivity (Wildman–Crippen MR) is 114 cm³/mol. The van der Waals surface area contributed by atoms with Crippen molar-refractivity contribution in [2.75, 3.05) is 38.9 Å². The van der Waals surface area contributed by atoms with Crippen LogP contribution in [-0.4, -0.2) is 54.7 Å². The second-order valence-corrected chi connectivity index (χ2v) is 8.07. The van der Waals surface area contributed by atoms with Crippen molar-refractivity contribution in [1.29, 1.82) is 0 Å². The molecule has 9 nitrogen and oxygen atoms in total. The Balaban J connectivity index is 1.72. The summed E-state index contributed by atoms with van der Waals surface area (Å²) < 4.78 is 11.7. The Bertz CT molecular complexity index is 1070. The second kappa shape index (κ2) is 8.25. The van der Waals surface area contributed by atoms with Crippen molar-refractivity contribution in [3.8, 4) is 11.5 Å². The lowest BCUT2D eigenvalue weighted by Gasteiger charge is -2.21. The lowest BCUT2D eigenvalue weighted by atomic mass is 10.1. The van der Waals surface area contributed by atoms with E-state index >= 15 is 0 Å². The van der Waals surface area contributed by atoms with E-state index in [1.807, 2.05) is 25.1 Å². The van der Waals surface area contributed by atoms with Crippen LogP contribution in [0, 0.1) is 10.1 Å². The first-order chi connectivity index (χ1) is 14.4. The van der Waals surface area contributed by atoms with Gasteiger partial charge in [0.25, 0.3) is 11.6 Å². The van der Waals surface area contributed by atoms with Crippen molar-refractivity contribution in [1.82, 2.24) is 9.88 Å². The summed E-state index contributed by atoms with van der Waals surface area (Å²) in [7, 11) is 3.90. The van der Waals surface area contributed by atoms with Crippen LogP contribution in [0.2, 0.25) is 0 Å². The third-order valence-corrected chi connectivity index (χ3v) is 5.71. The fourth-order valence-corrected chi connectivity index (χ4v) is 4.21. The first kappa shape index (κ1) is 20.0. The lowest BCUT2D eigenvalue weighted by Crippen LogP contribution is -2.33. The normalized spacial score (nSPS) is 12.5. The highest BCUT2D eigenvalue weighted by Crippen LogP contribution is 2.40. The van der Waals surface area contributed by atoms with Crippen molar-refractivity contribution < 1.29 is 19.2 Å². The molecule has 10 heteroatoms. The summed E-state index contributed by atoms with van der Waals surface area (Å²) in [6.07, 6.45) is 0.692. The van der Waals surface area contributed by atoms with Crippen molar-refractivity contribution in [2.45, 2.75) is 6.42 Å². The maximum atomic E-state index is 13.3. The number of carbonyl (C=O) groups excluding carboxylic acids is 1. The number of amides is 1. The molecule has 0 spiro atoms. The molecule has 30 heavy (non-hydrogen) atoms. The van der Waals surface area contributed by atoms with Crippen molar-refractivity contribution >= 4 is 38.3 Å². The Labute approximate surface area is 176 Å². The summed E-state index contributed by atoms with van der Waals surface area (Å²) in [5.41, 5.74) is 0.509. The van der Waals surface area contributed by atoms with Gasteiger partial charge in [0.1, 0.15) is 5.56 Å². The third kappa shape index (κ3) is 3.91. The molecule has 1 aromatic heterocycles. The lowest BCUT2D eigenvalue weighted by molar-refractivity contribution is -0.385. The molecular weight excluding hydrogens is 408 g/mol. The zero-order valence-corrected chi connectivity index (χ0v) is 17.3. The van der Waals surface area contributed by atoms with Crippen LogP contribution < -0.4 is 14.4 Å². The van der Waals surface area contributed by atoms with Crippen LogP contribution in [0.15, 0.2) is 36.4 Å². The van der Waals surface area contributed by atoms with Gasteiger partial charge in [-0.25, -0.2) is 4.98 Å². The van der Waals surface area contributed by atoms with Crippen LogP contribution in [0.25, 0.3) is 10.2 Å². The Morgan fingerprint density at radius 3 is 2.67 bits per heavy atom. The molecule has 1 aliphatic heterocycles. The number of ether oxygens (including phenoxy) is 2. The number of nitro groups is 1. The van der Waals surface area contributed by atoms with Gasteiger partial charge in [0.2, 0.25) is 6.79 Å². The molecule has 2 aromatic carbocycles. The van der Waals surface area contributed by atoms with Gasteiger partial charge < -0.3 is 14.4 Å². The van der Waals surface area contributed by atoms with Gasteiger partial charge in [0.05, 0.1) is 15.1 Å². The second-order valence-electron chi connectivity index (χ2n) is 7.06. The number of carbonyl (C=O) groups is 1. The minimum absolute atomic E-state index is 0.0424. The Kier molecular flexibility index (Phi) is 5.51. The molecule has 2 heterocycles. The van der Waals surface area contributed by atoms with E-state index in [-0.39, 0.29) is 18.0 Å². The van der Waals surface area contributed by atoms with Crippen LogP contribution in [0.1, 0.15) is 16.8 Å². The highest BCUT2D eigenvalue weighted by Gasteiger charge is 2.28. The Hall–Kier alpha value is -3.24. The number of nitrogens with zero attached hydrogens (tertiary/aromatic N) is 4. The van der Waals surface area contributed by atoms with Gasteiger partial charge in [-0.15, -0.1) is 0 Å². The summed E-state index contributed by atoms with van der Waals surface area (Å²) in [5, 5.41) is 11.9. The van der Waals surface area contributed by atoms with E-state index in [9.17, 15) is 14.9 Å². The average Bonchev–Trinajstić information content (AvgIpc) is 3.34. The first-order valence-corrected chi connectivity index (χ1v) is 10.2. The molecule has 0 saturated heterocycles. The average molecular weight is 428 g/mol. The van der Waals surface area contributed by atoms with E-state index < -0.39 is 10.8 Å². The number of nitro benzene ring substituents is 1. The van der Waals surface area contributed by atoms with Gasteiger partial charge in [0.15, 0.2) is 16.6 Å². The monoisotopic (exact) mass is 428 g/mol. The summed E-state index contributed by atoms with van der Waals surface area (Å²) in [5.74, 6) is 0.811. The van der Waals surface area contributed by atoms with Crippen molar-refractivity contribution in [2.24, 2.45) is 0 Å². The van der Waals surface area contributed by atoms with Crippen LogP contribution in [-0.2, 0) is 0 Å². The van der Waals surface area contributed by atoms with Gasteiger partial charge in [-0.05, 0) is 33.1 Å². The number of fused-ring (bicyclic) bond motifs is 2. The minimum Gasteiger partial charge on any atom is -0.454 e. The highest BCUT2D eigenvalue weighted by molar-refractivity contribution is 7.22. The molecule has 0 radical (unpaired) electrons. The molecular formula is C20H20N4O5S. The minimum atomic E-state index is -0.539. The maximum Gasteiger partial charge on any atom is 0.282 e. The molecule has 156 valence electrons. The van der Waals surface area contributed by atoms with Gasteiger partial charge in [-0.1, -0.05) is 23.5 Å². The van der Waals surface area contributed by atoms with E-state index in [1.54, 1.807) is 18.2 Å². The number of rotatable bonds is 7. The summed E-state index contributed by atoms with van der Waals surface area (Å²) in [6, 6.07) is 9.60. The number of para-hydroxylation sites is 1. The molecule has 0 aliphatic carbocycles. The fourth-order valence-electron chi connectivity index (χ4n) is 3.21. The SMILES string of the molecule is CN(C)CCCN(C(=O)c1ccccc1[N+](=O)[O-])c1nc2cc3c(cc2s1)OCO3. The molecule has 0 N–H and O–H groups in total. The van der Waals surface area contributed by atoms with Gasteiger partial charge in [0, 0.05) is 24.7 Å². The molecule has 0 fully saturated rings. The zero-order chi connectivity index (χ0) is 21.3. The molecule has 0 atom stereocenters. The number of hydrogen-bond donors (Lipinski definition) is 0. The maximum absolute atomic E-state index is 13.3. The number of benzene rings is 2. The van der Waals surface area contributed by atoms with E-state index in [2.05, 4.69) is 4.98 Å². The molecule has 4 rings (SSSR count). The third-order valence-electron chi connectivity index (χ3n) is 4.67. The summed E-state index contributed by atoms with van der Waals surface area (Å²) >= 11 is 1.34. The van der Waals surface area contributed by atoms with E-state index in [0.29, 0.717) is 35.1 Å². The van der Waals surface area contributed by atoms with Crippen molar-refractivity contribution in [3.05, 3.63) is 52.1 Å². The summed E-state index contributed by atoms with van der Waals surface area (Å²) in [6.45, 7) is 1.32. The van der Waals surface area contributed by atoms with Crippen LogP contribution in [0.5, 0.6) is 11.5 Å². The molecule has 1 amide bonds. The Morgan fingerprint density at radius 2 is 1.93 bits per heavy atom. The molecule has 0 unspecified atom stereocenters. The molecule has 0 bridgehead atoms. The van der Waals surface area contributed by atoms with Crippen LogP contribution in [0.4, 0.5) is 10.8 Å². The van der Waals surface area contributed by atoms with E-state index in [1.165, 1.54) is 28.4 Å². The van der Waals surface area contributed by atoms with Gasteiger partial charge in [-0.2, -0.15) is 0 Å². The fraction of sp³-hybridized carbons (Fsp3) is 0.300. The predicted octanol–water partition coefficient (Wildman–Crippen LogP) is 3.53. The Morgan fingerprint density at radius 1 is 1.20 bits per heavy atom. The quantitative estimate of drug-likeness (QED) is 0.419. The smallest absolute Gasteiger partial charge is 0.282 e. The number of thiazole rings is 1. The molecule has 1 aliphatic rings. The summed E-state index contributed by atoms with van der Waals surface area (Å²) in [4.78, 5) is 32.4. The van der Waals surface area contributed by atoms with Crippen molar-refractivity contribution in [3.63, 3.8) is 0 Å². The largest absolute Gasteiger partial charge is 0.454 e. The van der Waals surface area contributed by atoms with Gasteiger partial charge in [-0.3, -0.25) is 19.8 Å². The van der Waals surface area contributed by atoms with Crippen LogP contribution >= 0.6 is 11.3 Å². The topological polar surface area (TPSA) is 98.0 Å². The number of aromatic nitrogens is 1. The number of hydrogen-bond acceptors (Lipinski definition) is 8. The number of anilines is 1. The zero-order valence-electron chi connectivity index (χ0n) is 16.5. The molecule has 0 saturated carbocycles. The van der Waals surface area contributed by atoms with Gasteiger partial charge >= 0.3 is 0 Å². The van der Waals surface area contributed by atoms with E-state index in [0.717, 1.165) is 11.2 Å². The highest BCUT2D eigenvalue weighted by atomic mass is 32.1. The molecule has 3 aromatic rings. The van der Waals surface area contributed by atoms with Crippen LogP contribution in [0.3, 0.4) is 0 Å².